The summed E-state index contributed by atoms with van der Waals surface area (Å²) in [5.74, 6) is 0.213. The fraction of sp³-hybridized carbons (Fsp3) is 0. The van der Waals surface area contributed by atoms with E-state index in [1.54, 1.807) is 0 Å². The molecule has 0 aliphatic heterocycles. The number of rotatable bonds is 1. The lowest BCUT2D eigenvalue weighted by Gasteiger charge is -1.73. The van der Waals surface area contributed by atoms with E-state index in [4.69, 9.17) is 0 Å². The number of isocyanates is 1. The molecule has 0 saturated heterocycles. The Labute approximate surface area is 58.7 Å². The van der Waals surface area contributed by atoms with Crippen molar-refractivity contribution in [1.29, 1.82) is 0 Å². The summed E-state index contributed by atoms with van der Waals surface area (Å²) >= 11 is 3.04. The van der Waals surface area contributed by atoms with E-state index in [1.807, 2.05) is 0 Å². The molecule has 4 nitrogen and oxygen atoms in total. The van der Waals surface area contributed by atoms with Gasteiger partial charge < -0.3 is 4.52 Å². The van der Waals surface area contributed by atoms with Crippen molar-refractivity contribution in [3.05, 3.63) is 10.7 Å². The van der Waals surface area contributed by atoms with Crippen LogP contribution in [0.25, 0.3) is 0 Å². The number of aliphatic imine (C=N–C) groups is 1. The van der Waals surface area contributed by atoms with E-state index in [0.717, 1.165) is 0 Å². The number of carbonyl (C=O) groups excluding carboxylic acids is 1. The molecule has 0 radical (unpaired) electrons. The Balaban J connectivity index is 3.07. The van der Waals surface area contributed by atoms with E-state index >= 15 is 0 Å². The Kier molecular flexibility index (Phi) is 1.77. The second-order valence-electron chi connectivity index (χ2n) is 1.19. The molecule has 9 heavy (non-hydrogen) atoms. The molecule has 1 aromatic heterocycles. The fourth-order valence-corrected chi connectivity index (χ4v) is 0.581. The molecule has 0 aromatic carbocycles. The van der Waals surface area contributed by atoms with Gasteiger partial charge in [-0.2, -0.15) is 0 Å². The number of halogens is 1. The summed E-state index contributed by atoms with van der Waals surface area (Å²) in [4.78, 5) is 12.8. The molecule has 0 aliphatic carbocycles. The Morgan fingerprint density at radius 3 is 3.11 bits per heavy atom. The summed E-state index contributed by atoms with van der Waals surface area (Å²) in [6.07, 6.45) is 2.66. The third-order valence-corrected chi connectivity index (χ3v) is 1.20. The van der Waals surface area contributed by atoms with Gasteiger partial charge in [0.1, 0.15) is 10.7 Å². The molecule has 46 valence electrons. The van der Waals surface area contributed by atoms with Crippen molar-refractivity contribution in [2.24, 2.45) is 4.99 Å². The molecule has 1 rings (SSSR count). The van der Waals surface area contributed by atoms with Gasteiger partial charge in [-0.05, 0) is 15.9 Å². The molecular formula is C4HBrN2O2. The largest absolute Gasteiger partial charge is 0.361 e. The Morgan fingerprint density at radius 2 is 2.67 bits per heavy atom. The Bertz CT molecular complexity index is 251. The van der Waals surface area contributed by atoms with Crippen LogP contribution in [-0.2, 0) is 4.79 Å². The summed E-state index contributed by atoms with van der Waals surface area (Å²) in [6.45, 7) is 0. The Hall–Kier alpha value is -0.930. The minimum absolute atomic E-state index is 0.213. The van der Waals surface area contributed by atoms with Crippen LogP contribution in [0, 0.1) is 0 Å². The molecule has 1 heterocycles. The SMILES string of the molecule is O=C=Nc1nocc1Br. The minimum atomic E-state index is 0.213. The molecule has 0 N–H and O–H groups in total. The second-order valence-corrected chi connectivity index (χ2v) is 2.04. The lowest BCUT2D eigenvalue weighted by molar-refractivity contribution is 0.421. The summed E-state index contributed by atoms with van der Waals surface area (Å²) in [7, 11) is 0. The maximum absolute atomic E-state index is 9.63. The standard InChI is InChI=1S/C4HBrN2O2/c5-3-1-9-7-4(3)6-2-8/h1H. The molecular weight excluding hydrogens is 188 g/mol. The second kappa shape index (κ2) is 2.57. The molecule has 0 aliphatic rings. The van der Waals surface area contributed by atoms with Gasteiger partial charge in [0.05, 0.1) is 0 Å². The van der Waals surface area contributed by atoms with Gasteiger partial charge in [0.2, 0.25) is 11.9 Å². The van der Waals surface area contributed by atoms with Crippen molar-refractivity contribution in [2.75, 3.05) is 0 Å². The molecule has 0 bridgehead atoms. The van der Waals surface area contributed by atoms with Crippen molar-refractivity contribution >= 4 is 27.8 Å². The van der Waals surface area contributed by atoms with Crippen molar-refractivity contribution < 1.29 is 9.32 Å². The average Bonchev–Trinajstić information content (AvgIpc) is 2.18. The first-order valence-electron chi connectivity index (χ1n) is 2.02. The Morgan fingerprint density at radius 1 is 1.89 bits per heavy atom. The predicted molar refractivity (Wildman–Crippen MR) is 32.0 cm³/mol. The molecule has 0 unspecified atom stereocenters. The van der Waals surface area contributed by atoms with Gasteiger partial charge >= 0.3 is 0 Å². The van der Waals surface area contributed by atoms with Gasteiger partial charge in [0.25, 0.3) is 0 Å². The van der Waals surface area contributed by atoms with Gasteiger partial charge in [0.15, 0.2) is 0 Å². The molecule has 0 spiro atoms. The van der Waals surface area contributed by atoms with Gasteiger partial charge in [-0.3, -0.25) is 0 Å². The van der Waals surface area contributed by atoms with Crippen molar-refractivity contribution in [3.63, 3.8) is 0 Å². The first-order valence-corrected chi connectivity index (χ1v) is 2.81. The highest BCUT2D eigenvalue weighted by molar-refractivity contribution is 9.10. The summed E-state index contributed by atoms with van der Waals surface area (Å²) in [5.41, 5.74) is 0. The number of hydrogen-bond donors (Lipinski definition) is 0. The maximum atomic E-state index is 9.63. The predicted octanol–water partition coefficient (Wildman–Crippen LogP) is 1.40. The van der Waals surface area contributed by atoms with Crippen molar-refractivity contribution in [2.45, 2.75) is 0 Å². The fourth-order valence-electron chi connectivity index (χ4n) is 0.336. The van der Waals surface area contributed by atoms with Crippen LogP contribution in [0.15, 0.2) is 20.3 Å². The van der Waals surface area contributed by atoms with Gasteiger partial charge in [-0.25, -0.2) is 4.79 Å². The zero-order valence-corrected chi connectivity index (χ0v) is 5.75. The van der Waals surface area contributed by atoms with Crippen LogP contribution < -0.4 is 0 Å². The quantitative estimate of drug-likeness (QED) is 0.495. The van der Waals surface area contributed by atoms with E-state index in [2.05, 4.69) is 30.6 Å². The normalized spacial score (nSPS) is 8.56. The van der Waals surface area contributed by atoms with E-state index in [1.165, 1.54) is 12.3 Å². The topological polar surface area (TPSA) is 55.5 Å². The number of nitrogens with zero attached hydrogens (tertiary/aromatic N) is 2. The first kappa shape index (κ1) is 6.19. The summed E-state index contributed by atoms with van der Waals surface area (Å²) in [6, 6.07) is 0. The summed E-state index contributed by atoms with van der Waals surface area (Å²) in [5, 5.41) is 3.35. The minimum Gasteiger partial charge on any atom is -0.361 e. The first-order chi connectivity index (χ1) is 4.34. The molecule has 0 atom stereocenters. The molecule has 0 amide bonds. The highest BCUT2D eigenvalue weighted by Gasteiger charge is 1.99. The third-order valence-electron chi connectivity index (χ3n) is 0.661. The van der Waals surface area contributed by atoms with Crippen LogP contribution in [0.3, 0.4) is 0 Å². The van der Waals surface area contributed by atoms with Crippen LogP contribution in [0.1, 0.15) is 0 Å². The van der Waals surface area contributed by atoms with E-state index in [0.29, 0.717) is 4.47 Å². The van der Waals surface area contributed by atoms with Gasteiger partial charge in [-0.1, -0.05) is 5.16 Å². The molecule has 0 saturated carbocycles. The van der Waals surface area contributed by atoms with Crippen molar-refractivity contribution in [3.8, 4) is 0 Å². The highest BCUT2D eigenvalue weighted by atomic mass is 79.9. The van der Waals surface area contributed by atoms with Crippen molar-refractivity contribution in [1.82, 2.24) is 5.16 Å². The van der Waals surface area contributed by atoms with Crippen LogP contribution in [0.2, 0.25) is 0 Å². The maximum Gasteiger partial charge on any atom is 0.242 e. The average molecular weight is 189 g/mol. The smallest absolute Gasteiger partial charge is 0.242 e. The molecule has 0 fully saturated rings. The molecule has 1 aromatic rings. The van der Waals surface area contributed by atoms with E-state index in [9.17, 15) is 4.79 Å². The van der Waals surface area contributed by atoms with E-state index < -0.39 is 0 Å². The zero-order chi connectivity index (χ0) is 6.69. The third kappa shape index (κ3) is 1.25. The van der Waals surface area contributed by atoms with Crippen LogP contribution >= 0.6 is 15.9 Å². The van der Waals surface area contributed by atoms with Gasteiger partial charge in [-0.15, -0.1) is 4.99 Å². The highest BCUT2D eigenvalue weighted by Crippen LogP contribution is 2.21. The lowest BCUT2D eigenvalue weighted by Crippen LogP contribution is -1.59. The van der Waals surface area contributed by atoms with Crippen LogP contribution in [-0.4, -0.2) is 11.2 Å². The van der Waals surface area contributed by atoms with Crippen LogP contribution in [0.4, 0.5) is 5.82 Å². The summed E-state index contributed by atoms with van der Waals surface area (Å²) < 4.78 is 4.98. The number of hydrogen-bond acceptors (Lipinski definition) is 4. The van der Waals surface area contributed by atoms with Crippen LogP contribution in [0.5, 0.6) is 0 Å². The molecule has 5 heteroatoms. The van der Waals surface area contributed by atoms with E-state index in [-0.39, 0.29) is 5.82 Å². The number of aromatic nitrogens is 1. The zero-order valence-electron chi connectivity index (χ0n) is 4.17. The monoisotopic (exact) mass is 188 g/mol. The lowest BCUT2D eigenvalue weighted by atomic mass is 10.7. The van der Waals surface area contributed by atoms with Gasteiger partial charge in [0, 0.05) is 0 Å².